The minimum Gasteiger partial charge on any atom is -0.468 e. The molecule has 0 radical (unpaired) electrons. The summed E-state index contributed by atoms with van der Waals surface area (Å²) in [6, 6.07) is 3.53. The average Bonchev–Trinajstić information content (AvgIpc) is 3.00. The van der Waals surface area contributed by atoms with Gasteiger partial charge < -0.3 is 4.74 Å². The van der Waals surface area contributed by atoms with E-state index in [-0.39, 0.29) is 5.97 Å². The van der Waals surface area contributed by atoms with Gasteiger partial charge in [-0.3, -0.25) is 10.00 Å². The van der Waals surface area contributed by atoms with Gasteiger partial charge in [-0.1, -0.05) is 6.07 Å². The number of hydrogen-bond acceptors (Lipinski definition) is 5. The van der Waals surface area contributed by atoms with Crippen LogP contribution in [0.25, 0.3) is 0 Å². The Bertz CT molecular complexity index is 548. The van der Waals surface area contributed by atoms with Crippen LogP contribution in [-0.2, 0) is 23.1 Å². The molecule has 1 atom stereocenters. The van der Waals surface area contributed by atoms with Crippen molar-refractivity contribution in [3.63, 3.8) is 0 Å². The second-order valence-electron chi connectivity index (χ2n) is 4.26. The smallest absolute Gasteiger partial charge is 0.327 e. The molecule has 0 spiro atoms. The second kappa shape index (κ2) is 5.99. The fourth-order valence-electron chi connectivity index (χ4n) is 1.96. The fraction of sp³-hybridized carbons (Fsp3) is 0.385. The minimum absolute atomic E-state index is 0.298. The van der Waals surface area contributed by atoms with Crippen molar-refractivity contribution in [1.29, 1.82) is 0 Å². The van der Waals surface area contributed by atoms with Gasteiger partial charge in [0.25, 0.3) is 0 Å². The maximum Gasteiger partial charge on any atom is 0.327 e. The van der Waals surface area contributed by atoms with Crippen molar-refractivity contribution in [2.24, 2.45) is 7.05 Å². The SMILES string of the molecule is COC(=O)C(NCc1cccs1)c1cn(C)nc1C. The summed E-state index contributed by atoms with van der Waals surface area (Å²) in [5.74, 6) is -0.298. The maximum atomic E-state index is 11.9. The van der Waals surface area contributed by atoms with E-state index in [1.54, 1.807) is 16.0 Å². The van der Waals surface area contributed by atoms with E-state index in [9.17, 15) is 4.79 Å². The van der Waals surface area contributed by atoms with Gasteiger partial charge in [-0.25, -0.2) is 4.79 Å². The number of esters is 1. The number of nitrogens with zero attached hydrogens (tertiary/aromatic N) is 2. The zero-order chi connectivity index (χ0) is 13.8. The molecule has 0 fully saturated rings. The van der Waals surface area contributed by atoms with Gasteiger partial charge in [-0.05, 0) is 18.4 Å². The topological polar surface area (TPSA) is 56.1 Å². The molecule has 0 bridgehead atoms. The van der Waals surface area contributed by atoms with Crippen molar-refractivity contribution in [1.82, 2.24) is 15.1 Å². The summed E-state index contributed by atoms with van der Waals surface area (Å²) in [6.07, 6.45) is 1.85. The fourth-order valence-corrected chi connectivity index (χ4v) is 2.61. The third-order valence-corrected chi connectivity index (χ3v) is 3.74. The molecule has 2 rings (SSSR count). The molecule has 6 heteroatoms. The van der Waals surface area contributed by atoms with Gasteiger partial charge in [0.1, 0.15) is 6.04 Å². The van der Waals surface area contributed by atoms with Crippen LogP contribution in [0.4, 0.5) is 0 Å². The van der Waals surface area contributed by atoms with Gasteiger partial charge in [-0.15, -0.1) is 11.3 Å². The Morgan fingerprint density at radius 3 is 2.95 bits per heavy atom. The Morgan fingerprint density at radius 1 is 1.63 bits per heavy atom. The number of aryl methyl sites for hydroxylation is 2. The highest BCUT2D eigenvalue weighted by Gasteiger charge is 2.24. The van der Waals surface area contributed by atoms with Crippen molar-refractivity contribution in [3.05, 3.63) is 39.8 Å². The number of methoxy groups -OCH3 is 1. The summed E-state index contributed by atoms with van der Waals surface area (Å²) in [5.41, 5.74) is 1.68. The molecule has 0 aliphatic rings. The molecule has 2 aromatic rings. The predicted molar refractivity (Wildman–Crippen MR) is 73.9 cm³/mol. The van der Waals surface area contributed by atoms with E-state index in [0.717, 1.165) is 11.3 Å². The van der Waals surface area contributed by atoms with Gasteiger partial charge in [0, 0.05) is 30.2 Å². The van der Waals surface area contributed by atoms with Gasteiger partial charge in [0.05, 0.1) is 12.8 Å². The summed E-state index contributed by atoms with van der Waals surface area (Å²) >= 11 is 1.65. The van der Waals surface area contributed by atoms with E-state index in [1.165, 1.54) is 12.0 Å². The quantitative estimate of drug-likeness (QED) is 0.848. The number of nitrogens with one attached hydrogen (secondary N) is 1. The lowest BCUT2D eigenvalue weighted by Crippen LogP contribution is -2.29. The number of thiophene rings is 1. The number of rotatable bonds is 5. The third-order valence-electron chi connectivity index (χ3n) is 2.86. The minimum atomic E-state index is -0.485. The molecule has 5 nitrogen and oxygen atoms in total. The molecule has 1 N–H and O–H groups in total. The van der Waals surface area contributed by atoms with Gasteiger partial charge >= 0.3 is 5.97 Å². The standard InChI is InChI=1S/C13H17N3O2S/c1-9-11(8-16(2)15-9)12(13(17)18-3)14-7-10-5-4-6-19-10/h4-6,8,12,14H,7H2,1-3H3. The Morgan fingerprint density at radius 2 is 2.42 bits per heavy atom. The number of carbonyl (C=O) groups excluding carboxylic acids is 1. The molecule has 2 aromatic heterocycles. The first-order valence-electron chi connectivity index (χ1n) is 5.95. The molecule has 0 aliphatic carbocycles. The molecule has 2 heterocycles. The molecule has 0 saturated heterocycles. The summed E-state index contributed by atoms with van der Waals surface area (Å²) < 4.78 is 6.57. The highest BCUT2D eigenvalue weighted by molar-refractivity contribution is 7.09. The Kier molecular flexibility index (Phi) is 4.34. The Labute approximate surface area is 116 Å². The predicted octanol–water partition coefficient (Wildman–Crippen LogP) is 1.79. The first-order chi connectivity index (χ1) is 9.11. The van der Waals surface area contributed by atoms with Crippen molar-refractivity contribution < 1.29 is 9.53 Å². The maximum absolute atomic E-state index is 11.9. The monoisotopic (exact) mass is 279 g/mol. The summed E-state index contributed by atoms with van der Waals surface area (Å²) in [7, 11) is 3.23. The van der Waals surface area contributed by atoms with Crippen molar-refractivity contribution >= 4 is 17.3 Å². The van der Waals surface area contributed by atoms with Crippen LogP contribution in [0.2, 0.25) is 0 Å². The van der Waals surface area contributed by atoms with E-state index in [2.05, 4.69) is 10.4 Å². The van der Waals surface area contributed by atoms with Crippen LogP contribution in [0.3, 0.4) is 0 Å². The number of carbonyl (C=O) groups is 1. The lowest BCUT2D eigenvalue weighted by molar-refractivity contribution is -0.143. The number of hydrogen-bond donors (Lipinski definition) is 1. The average molecular weight is 279 g/mol. The second-order valence-corrected chi connectivity index (χ2v) is 5.29. The summed E-state index contributed by atoms with van der Waals surface area (Å²) in [5, 5.41) is 9.50. The Hall–Kier alpha value is -1.66. The lowest BCUT2D eigenvalue weighted by Gasteiger charge is -2.15. The van der Waals surface area contributed by atoms with Crippen LogP contribution < -0.4 is 5.32 Å². The molecule has 0 amide bonds. The molecular formula is C13H17N3O2S. The number of ether oxygens (including phenoxy) is 1. The number of aromatic nitrogens is 2. The lowest BCUT2D eigenvalue weighted by atomic mass is 10.1. The van der Waals surface area contributed by atoms with Crippen molar-refractivity contribution in [2.45, 2.75) is 19.5 Å². The molecule has 0 aromatic carbocycles. The largest absolute Gasteiger partial charge is 0.468 e. The van der Waals surface area contributed by atoms with Gasteiger partial charge in [0.2, 0.25) is 0 Å². The highest BCUT2D eigenvalue weighted by atomic mass is 32.1. The van der Waals surface area contributed by atoms with E-state index in [0.29, 0.717) is 6.54 Å². The molecule has 0 aliphatic heterocycles. The first kappa shape index (κ1) is 13.8. The van der Waals surface area contributed by atoms with Gasteiger partial charge in [-0.2, -0.15) is 5.10 Å². The Balaban J connectivity index is 2.16. The normalized spacial score (nSPS) is 12.4. The summed E-state index contributed by atoms with van der Waals surface area (Å²) in [4.78, 5) is 13.1. The first-order valence-corrected chi connectivity index (χ1v) is 6.83. The molecular weight excluding hydrogens is 262 g/mol. The zero-order valence-corrected chi connectivity index (χ0v) is 12.0. The van der Waals surface area contributed by atoms with E-state index >= 15 is 0 Å². The molecule has 102 valence electrons. The third kappa shape index (κ3) is 3.21. The van der Waals surface area contributed by atoms with Crippen LogP contribution >= 0.6 is 11.3 Å². The van der Waals surface area contributed by atoms with Crippen LogP contribution in [-0.4, -0.2) is 22.9 Å². The van der Waals surface area contributed by atoms with E-state index in [1.807, 2.05) is 37.7 Å². The van der Waals surface area contributed by atoms with Crippen LogP contribution in [0.15, 0.2) is 23.7 Å². The highest BCUT2D eigenvalue weighted by Crippen LogP contribution is 2.19. The molecule has 1 unspecified atom stereocenters. The van der Waals surface area contributed by atoms with Crippen LogP contribution in [0.5, 0.6) is 0 Å². The molecule has 0 saturated carbocycles. The van der Waals surface area contributed by atoms with Crippen molar-refractivity contribution in [3.8, 4) is 0 Å². The van der Waals surface area contributed by atoms with E-state index < -0.39 is 6.04 Å². The van der Waals surface area contributed by atoms with Crippen molar-refractivity contribution in [2.75, 3.05) is 7.11 Å². The zero-order valence-electron chi connectivity index (χ0n) is 11.2. The van der Waals surface area contributed by atoms with Gasteiger partial charge in [0.15, 0.2) is 0 Å². The van der Waals surface area contributed by atoms with E-state index in [4.69, 9.17) is 4.74 Å². The van der Waals surface area contributed by atoms with Crippen LogP contribution in [0.1, 0.15) is 22.2 Å². The molecule has 19 heavy (non-hydrogen) atoms. The summed E-state index contributed by atoms with van der Waals surface area (Å²) in [6.45, 7) is 2.52. The van der Waals surface area contributed by atoms with Crippen LogP contribution in [0, 0.1) is 6.92 Å².